The Kier molecular flexibility index (Phi) is 5.88. The summed E-state index contributed by atoms with van der Waals surface area (Å²) >= 11 is 5.87. The van der Waals surface area contributed by atoms with E-state index < -0.39 is 0 Å². The molecule has 116 valence electrons. The molecule has 0 bridgehead atoms. The minimum Gasteiger partial charge on any atom is -0.397 e. The third kappa shape index (κ3) is 5.21. The molecule has 0 aliphatic heterocycles. The van der Waals surface area contributed by atoms with Gasteiger partial charge in [-0.3, -0.25) is 9.69 Å². The fourth-order valence-corrected chi connectivity index (χ4v) is 2.49. The van der Waals surface area contributed by atoms with E-state index in [1.807, 2.05) is 0 Å². The largest absolute Gasteiger partial charge is 0.397 e. The van der Waals surface area contributed by atoms with Crippen molar-refractivity contribution in [2.24, 2.45) is 0 Å². The highest BCUT2D eigenvalue weighted by molar-refractivity contribution is 6.33. The number of nitrogens with two attached hydrogens (primary N) is 1. The average Bonchev–Trinajstić information content (AvgIpc) is 3.27. The summed E-state index contributed by atoms with van der Waals surface area (Å²) < 4.78 is 0. The molecule has 0 spiro atoms. The number of nitrogens with one attached hydrogen (secondary N) is 1. The van der Waals surface area contributed by atoms with Crippen molar-refractivity contribution in [3.8, 4) is 0 Å². The van der Waals surface area contributed by atoms with Crippen molar-refractivity contribution in [1.82, 2.24) is 4.90 Å². The molecule has 0 unspecified atom stereocenters. The van der Waals surface area contributed by atoms with Gasteiger partial charge in [0.1, 0.15) is 0 Å². The summed E-state index contributed by atoms with van der Waals surface area (Å²) in [6.07, 6.45) is 5.46. The molecule has 1 aromatic carbocycles. The van der Waals surface area contributed by atoms with Gasteiger partial charge in [0.25, 0.3) is 0 Å². The highest BCUT2D eigenvalue weighted by atomic mass is 35.5. The number of halogens is 1. The first-order valence-electron chi connectivity index (χ1n) is 7.69. The van der Waals surface area contributed by atoms with Crippen LogP contribution in [0.25, 0.3) is 0 Å². The highest BCUT2D eigenvalue weighted by Crippen LogP contribution is 2.27. The molecule has 2 rings (SSSR count). The van der Waals surface area contributed by atoms with Crippen LogP contribution in [0.4, 0.5) is 11.4 Å². The molecular formula is C16H24ClN3O. The van der Waals surface area contributed by atoms with E-state index in [4.69, 9.17) is 17.3 Å². The number of carbonyl (C=O) groups excluding carboxylic acids is 1. The van der Waals surface area contributed by atoms with Crippen molar-refractivity contribution in [2.75, 3.05) is 24.1 Å². The van der Waals surface area contributed by atoms with Crippen molar-refractivity contribution < 1.29 is 4.79 Å². The number of nitrogen functional groups attached to an aromatic ring is 1. The van der Waals surface area contributed by atoms with Crippen LogP contribution in [0.1, 0.15) is 39.0 Å². The van der Waals surface area contributed by atoms with Gasteiger partial charge in [-0.25, -0.2) is 0 Å². The molecule has 21 heavy (non-hydrogen) atoms. The molecule has 1 saturated carbocycles. The van der Waals surface area contributed by atoms with Crippen molar-refractivity contribution in [1.29, 1.82) is 0 Å². The molecule has 1 fully saturated rings. The van der Waals surface area contributed by atoms with Crippen LogP contribution in [0.5, 0.6) is 0 Å². The van der Waals surface area contributed by atoms with Crippen LogP contribution in [-0.2, 0) is 4.79 Å². The number of rotatable bonds is 8. The lowest BCUT2D eigenvalue weighted by Crippen LogP contribution is -2.30. The van der Waals surface area contributed by atoms with E-state index in [2.05, 4.69) is 17.1 Å². The zero-order chi connectivity index (χ0) is 15.2. The van der Waals surface area contributed by atoms with Crippen molar-refractivity contribution in [3.05, 3.63) is 23.2 Å². The van der Waals surface area contributed by atoms with Gasteiger partial charge in [0.15, 0.2) is 0 Å². The first-order chi connectivity index (χ1) is 10.1. The van der Waals surface area contributed by atoms with Gasteiger partial charge in [0.05, 0.1) is 10.7 Å². The van der Waals surface area contributed by atoms with E-state index in [0.29, 0.717) is 28.9 Å². The number of unbranched alkanes of at least 4 members (excludes halogenated alkanes) is 1. The van der Waals surface area contributed by atoms with E-state index >= 15 is 0 Å². The minimum atomic E-state index is 0.0267. The molecule has 0 atom stereocenters. The number of carbonyl (C=O) groups is 1. The third-order valence-corrected chi connectivity index (χ3v) is 4.11. The molecule has 4 nitrogen and oxygen atoms in total. The number of nitrogens with zero attached hydrogens (tertiary/aromatic N) is 1. The Hall–Kier alpha value is -1.26. The molecule has 5 heteroatoms. The molecule has 1 aliphatic rings. The van der Waals surface area contributed by atoms with Crippen LogP contribution in [0, 0.1) is 0 Å². The first kappa shape index (κ1) is 16.1. The molecule has 0 radical (unpaired) electrons. The van der Waals surface area contributed by atoms with Crippen LogP contribution in [0.2, 0.25) is 5.02 Å². The zero-order valence-corrected chi connectivity index (χ0v) is 13.3. The van der Waals surface area contributed by atoms with Gasteiger partial charge < -0.3 is 11.1 Å². The fourth-order valence-electron chi connectivity index (χ4n) is 2.37. The quantitative estimate of drug-likeness (QED) is 0.722. The second kappa shape index (κ2) is 7.66. The van der Waals surface area contributed by atoms with Crippen LogP contribution < -0.4 is 11.1 Å². The topological polar surface area (TPSA) is 58.4 Å². The van der Waals surface area contributed by atoms with Gasteiger partial charge in [0, 0.05) is 24.7 Å². The Labute approximate surface area is 131 Å². The molecule has 1 amide bonds. The lowest BCUT2D eigenvalue weighted by molar-refractivity contribution is -0.116. The third-order valence-electron chi connectivity index (χ3n) is 3.77. The van der Waals surface area contributed by atoms with Crippen molar-refractivity contribution in [3.63, 3.8) is 0 Å². The minimum absolute atomic E-state index is 0.0267. The van der Waals surface area contributed by atoms with Gasteiger partial charge in [-0.05, 0) is 44.0 Å². The second-order valence-corrected chi connectivity index (χ2v) is 6.06. The summed E-state index contributed by atoms with van der Waals surface area (Å²) in [5.41, 5.74) is 6.92. The second-order valence-electron chi connectivity index (χ2n) is 5.66. The summed E-state index contributed by atoms with van der Waals surface area (Å²) in [7, 11) is 0. The first-order valence-corrected chi connectivity index (χ1v) is 8.07. The predicted molar refractivity (Wildman–Crippen MR) is 88.6 cm³/mol. The van der Waals surface area contributed by atoms with Gasteiger partial charge in [-0.2, -0.15) is 0 Å². The van der Waals surface area contributed by atoms with E-state index in [-0.39, 0.29) is 5.91 Å². The Balaban J connectivity index is 1.79. The summed E-state index contributed by atoms with van der Waals surface area (Å²) in [4.78, 5) is 14.5. The molecule has 0 aromatic heterocycles. The van der Waals surface area contributed by atoms with Crippen LogP contribution >= 0.6 is 11.6 Å². The Morgan fingerprint density at radius 3 is 2.81 bits per heavy atom. The van der Waals surface area contributed by atoms with Gasteiger partial charge in [-0.15, -0.1) is 0 Å². The maximum Gasteiger partial charge on any atom is 0.225 e. The Morgan fingerprint density at radius 2 is 2.19 bits per heavy atom. The lowest BCUT2D eigenvalue weighted by atomic mass is 10.2. The summed E-state index contributed by atoms with van der Waals surface area (Å²) in [6, 6.07) is 5.86. The van der Waals surface area contributed by atoms with Crippen molar-refractivity contribution >= 4 is 28.9 Å². The fraction of sp³-hybridized carbons (Fsp3) is 0.562. The van der Waals surface area contributed by atoms with Crippen LogP contribution in [0.3, 0.4) is 0 Å². The number of hydrogen-bond donors (Lipinski definition) is 2. The molecule has 1 aromatic rings. The number of hydrogen-bond acceptors (Lipinski definition) is 3. The average molecular weight is 310 g/mol. The number of amides is 1. The highest BCUT2D eigenvalue weighted by Gasteiger charge is 2.28. The van der Waals surface area contributed by atoms with E-state index in [1.54, 1.807) is 18.2 Å². The Morgan fingerprint density at radius 1 is 1.43 bits per heavy atom. The monoisotopic (exact) mass is 309 g/mol. The molecule has 1 aliphatic carbocycles. The Bertz CT molecular complexity index is 488. The van der Waals surface area contributed by atoms with Crippen molar-refractivity contribution in [2.45, 2.75) is 45.1 Å². The molecule has 3 N–H and O–H groups in total. The van der Waals surface area contributed by atoms with E-state index in [0.717, 1.165) is 13.1 Å². The van der Waals surface area contributed by atoms with Crippen LogP contribution in [-0.4, -0.2) is 29.9 Å². The number of benzene rings is 1. The maximum absolute atomic E-state index is 12.0. The van der Waals surface area contributed by atoms with Crippen LogP contribution in [0.15, 0.2) is 18.2 Å². The molecular weight excluding hydrogens is 286 g/mol. The van der Waals surface area contributed by atoms with Gasteiger partial charge in [-0.1, -0.05) is 24.9 Å². The predicted octanol–water partition coefficient (Wildman–Crippen LogP) is 3.52. The smallest absolute Gasteiger partial charge is 0.225 e. The number of anilines is 2. The van der Waals surface area contributed by atoms with Gasteiger partial charge in [0.2, 0.25) is 5.91 Å². The normalized spacial score (nSPS) is 14.4. The van der Waals surface area contributed by atoms with E-state index in [9.17, 15) is 4.79 Å². The maximum atomic E-state index is 12.0. The summed E-state index contributed by atoms with van der Waals surface area (Å²) in [5, 5.41) is 3.38. The standard InChI is InChI=1S/C16H24ClN3O/c1-2-3-9-20(13-5-6-13)10-8-16(21)19-12-4-7-14(17)15(18)11-12/h4,7,11,13H,2-3,5-6,8-10,18H2,1H3,(H,19,21). The van der Waals surface area contributed by atoms with Gasteiger partial charge >= 0.3 is 0 Å². The summed E-state index contributed by atoms with van der Waals surface area (Å²) in [5.74, 6) is 0.0267. The molecule has 0 saturated heterocycles. The zero-order valence-electron chi connectivity index (χ0n) is 12.6. The molecule has 0 heterocycles. The lowest BCUT2D eigenvalue weighted by Gasteiger charge is -2.21. The summed E-state index contributed by atoms with van der Waals surface area (Å²) in [6.45, 7) is 4.13. The van der Waals surface area contributed by atoms with E-state index in [1.165, 1.54) is 25.7 Å². The SMILES string of the molecule is CCCCN(CCC(=O)Nc1ccc(Cl)c(N)c1)C1CC1.